The molecular weight excluding hydrogens is 261 g/mol. The maximum atomic E-state index is 13.1. The first-order valence-corrected chi connectivity index (χ1v) is 5.75. The molecule has 98 valence electrons. The molecule has 1 aromatic rings. The van der Waals surface area contributed by atoms with E-state index in [9.17, 15) is 14.0 Å². The van der Waals surface area contributed by atoms with Gasteiger partial charge in [0.25, 0.3) is 0 Å². The van der Waals surface area contributed by atoms with Crippen LogP contribution in [-0.4, -0.2) is 25.0 Å². The van der Waals surface area contributed by atoms with Gasteiger partial charge in [0.2, 0.25) is 5.91 Å². The average molecular weight is 274 g/mol. The molecule has 0 aliphatic rings. The molecule has 0 atom stereocenters. The Hall–Kier alpha value is -1.62. The third-order valence-corrected chi connectivity index (χ3v) is 2.48. The van der Waals surface area contributed by atoms with Crippen molar-refractivity contribution in [3.05, 3.63) is 34.6 Å². The quantitative estimate of drug-likeness (QED) is 0.661. The van der Waals surface area contributed by atoms with Crippen LogP contribution in [0.5, 0.6) is 0 Å². The van der Waals surface area contributed by atoms with Crippen molar-refractivity contribution < 1.29 is 18.7 Å². The van der Waals surface area contributed by atoms with Gasteiger partial charge in [-0.3, -0.25) is 4.79 Å². The Kier molecular flexibility index (Phi) is 5.58. The van der Waals surface area contributed by atoms with Gasteiger partial charge in [-0.05, 0) is 18.6 Å². The fourth-order valence-electron chi connectivity index (χ4n) is 1.24. The first-order valence-electron chi connectivity index (χ1n) is 5.38. The van der Waals surface area contributed by atoms with Crippen LogP contribution in [0.25, 0.3) is 0 Å². The molecule has 0 heterocycles. The van der Waals surface area contributed by atoms with Crippen molar-refractivity contribution in [3.63, 3.8) is 0 Å². The normalized spacial score (nSPS) is 9.94. The summed E-state index contributed by atoms with van der Waals surface area (Å²) in [5.41, 5.74) is -0.00352. The minimum atomic E-state index is -0.678. The van der Waals surface area contributed by atoms with E-state index in [2.05, 4.69) is 5.32 Å². The maximum Gasteiger partial charge on any atom is 0.339 e. The summed E-state index contributed by atoms with van der Waals surface area (Å²) in [6.07, 6.45) is 0.484. The molecule has 0 saturated heterocycles. The predicted octanol–water partition coefficient (Wildman–Crippen LogP) is 2.16. The molecule has 0 spiro atoms. The van der Waals surface area contributed by atoms with Gasteiger partial charge in [0.1, 0.15) is 5.82 Å². The number of rotatable bonds is 5. The van der Waals surface area contributed by atoms with Crippen LogP contribution in [0.15, 0.2) is 18.2 Å². The Bertz CT molecular complexity index is 451. The standard InChI is InChI=1S/C12H13ClFNO3/c1-8(16)15-6-3-7-18-12(17)9-4-2-5-10(14)11(9)13/h2,4-5H,3,6-7H2,1H3,(H,15,16). The number of esters is 1. The molecule has 0 saturated carbocycles. The van der Waals surface area contributed by atoms with Crippen LogP contribution in [0.3, 0.4) is 0 Å². The van der Waals surface area contributed by atoms with Crippen molar-refractivity contribution in [2.75, 3.05) is 13.2 Å². The fourth-order valence-corrected chi connectivity index (χ4v) is 1.44. The van der Waals surface area contributed by atoms with Gasteiger partial charge < -0.3 is 10.1 Å². The number of ether oxygens (including phenoxy) is 1. The summed E-state index contributed by atoms with van der Waals surface area (Å²) < 4.78 is 18.0. The van der Waals surface area contributed by atoms with Crippen LogP contribution in [0.1, 0.15) is 23.7 Å². The van der Waals surface area contributed by atoms with E-state index < -0.39 is 11.8 Å². The highest BCUT2D eigenvalue weighted by molar-refractivity contribution is 6.33. The number of hydrogen-bond donors (Lipinski definition) is 1. The molecule has 0 aliphatic heterocycles. The van der Waals surface area contributed by atoms with Gasteiger partial charge in [-0.15, -0.1) is 0 Å². The minimum absolute atomic E-state index is 0.00352. The Labute approximate surface area is 109 Å². The lowest BCUT2D eigenvalue weighted by molar-refractivity contribution is -0.118. The van der Waals surface area contributed by atoms with Crippen molar-refractivity contribution in [1.29, 1.82) is 0 Å². The second-order valence-corrected chi connectivity index (χ2v) is 3.95. The van der Waals surface area contributed by atoms with Gasteiger partial charge in [0.15, 0.2) is 0 Å². The molecule has 6 heteroatoms. The summed E-state index contributed by atoms with van der Waals surface area (Å²) in [4.78, 5) is 22.1. The van der Waals surface area contributed by atoms with E-state index in [1.807, 2.05) is 0 Å². The van der Waals surface area contributed by atoms with Crippen LogP contribution in [-0.2, 0) is 9.53 Å². The molecule has 0 aromatic heterocycles. The van der Waals surface area contributed by atoms with Crippen molar-refractivity contribution in [1.82, 2.24) is 5.32 Å². The summed E-state index contributed by atoms with van der Waals surface area (Å²) in [6, 6.07) is 3.94. The largest absolute Gasteiger partial charge is 0.462 e. The fraction of sp³-hybridized carbons (Fsp3) is 0.333. The van der Waals surface area contributed by atoms with Crippen molar-refractivity contribution in [2.45, 2.75) is 13.3 Å². The summed E-state index contributed by atoms with van der Waals surface area (Å²) in [7, 11) is 0. The van der Waals surface area contributed by atoms with Crippen LogP contribution in [0.4, 0.5) is 4.39 Å². The lowest BCUT2D eigenvalue weighted by Gasteiger charge is -2.06. The van der Waals surface area contributed by atoms with Gasteiger partial charge in [-0.2, -0.15) is 0 Å². The van der Waals surface area contributed by atoms with E-state index in [-0.39, 0.29) is 23.1 Å². The molecule has 1 N–H and O–H groups in total. The molecule has 0 fully saturated rings. The maximum absolute atomic E-state index is 13.1. The number of hydrogen-bond acceptors (Lipinski definition) is 3. The molecule has 1 rings (SSSR count). The zero-order valence-electron chi connectivity index (χ0n) is 9.83. The Morgan fingerprint density at radius 3 is 2.83 bits per heavy atom. The number of halogens is 2. The van der Waals surface area contributed by atoms with Crippen LogP contribution < -0.4 is 5.32 Å². The number of carbonyl (C=O) groups excluding carboxylic acids is 2. The Balaban J connectivity index is 2.41. The predicted molar refractivity (Wildman–Crippen MR) is 65.0 cm³/mol. The number of carbonyl (C=O) groups is 2. The molecule has 0 aliphatic carbocycles. The molecule has 0 unspecified atom stereocenters. The van der Waals surface area contributed by atoms with Gasteiger partial charge >= 0.3 is 5.97 Å². The van der Waals surface area contributed by atoms with E-state index in [0.29, 0.717) is 13.0 Å². The summed E-state index contributed by atoms with van der Waals surface area (Å²) in [5, 5.41) is 2.32. The summed E-state index contributed by atoms with van der Waals surface area (Å²) in [6.45, 7) is 1.95. The smallest absolute Gasteiger partial charge is 0.339 e. The third-order valence-electron chi connectivity index (χ3n) is 2.10. The monoisotopic (exact) mass is 273 g/mol. The van der Waals surface area contributed by atoms with Gasteiger partial charge in [0.05, 0.1) is 17.2 Å². The van der Waals surface area contributed by atoms with E-state index in [4.69, 9.17) is 16.3 Å². The van der Waals surface area contributed by atoms with Crippen LogP contribution >= 0.6 is 11.6 Å². The average Bonchev–Trinajstić information content (AvgIpc) is 2.31. The summed E-state index contributed by atoms with van der Waals surface area (Å²) in [5.74, 6) is -1.49. The highest BCUT2D eigenvalue weighted by atomic mass is 35.5. The molecule has 0 bridgehead atoms. The van der Waals surface area contributed by atoms with Crippen LogP contribution in [0.2, 0.25) is 5.02 Å². The van der Waals surface area contributed by atoms with E-state index in [1.165, 1.54) is 19.1 Å². The van der Waals surface area contributed by atoms with Crippen molar-refractivity contribution >= 4 is 23.5 Å². The van der Waals surface area contributed by atoms with Crippen LogP contribution in [0, 0.1) is 5.82 Å². The van der Waals surface area contributed by atoms with Gasteiger partial charge in [0, 0.05) is 13.5 Å². The molecule has 0 radical (unpaired) electrons. The highest BCUT2D eigenvalue weighted by Crippen LogP contribution is 2.20. The zero-order valence-corrected chi connectivity index (χ0v) is 10.6. The molecule has 18 heavy (non-hydrogen) atoms. The minimum Gasteiger partial charge on any atom is -0.462 e. The van der Waals surface area contributed by atoms with Crippen molar-refractivity contribution in [2.24, 2.45) is 0 Å². The third kappa shape index (κ3) is 4.33. The number of amides is 1. The number of nitrogens with one attached hydrogen (secondary N) is 1. The first kappa shape index (κ1) is 14.4. The molecule has 4 nitrogen and oxygen atoms in total. The second kappa shape index (κ2) is 6.96. The highest BCUT2D eigenvalue weighted by Gasteiger charge is 2.14. The molecule has 1 aromatic carbocycles. The first-order chi connectivity index (χ1) is 8.52. The Morgan fingerprint density at radius 1 is 1.44 bits per heavy atom. The van der Waals surface area contributed by atoms with E-state index in [0.717, 1.165) is 6.07 Å². The topological polar surface area (TPSA) is 55.4 Å². The lowest BCUT2D eigenvalue weighted by Crippen LogP contribution is -2.22. The molecule has 1 amide bonds. The van der Waals surface area contributed by atoms with Gasteiger partial charge in [-0.1, -0.05) is 17.7 Å². The Morgan fingerprint density at radius 2 is 2.17 bits per heavy atom. The van der Waals surface area contributed by atoms with Gasteiger partial charge in [-0.25, -0.2) is 9.18 Å². The zero-order chi connectivity index (χ0) is 13.5. The second-order valence-electron chi connectivity index (χ2n) is 3.57. The van der Waals surface area contributed by atoms with E-state index in [1.54, 1.807) is 0 Å². The molecular formula is C12H13ClFNO3. The number of benzene rings is 1. The summed E-state index contributed by atoms with van der Waals surface area (Å²) >= 11 is 5.64. The lowest BCUT2D eigenvalue weighted by atomic mass is 10.2. The van der Waals surface area contributed by atoms with E-state index >= 15 is 0 Å². The van der Waals surface area contributed by atoms with Crippen molar-refractivity contribution in [3.8, 4) is 0 Å². The SMILES string of the molecule is CC(=O)NCCCOC(=O)c1cccc(F)c1Cl.